The Balaban J connectivity index is 1.80. The van der Waals surface area contributed by atoms with Gasteiger partial charge in [-0.3, -0.25) is 0 Å². The van der Waals surface area contributed by atoms with E-state index >= 15 is 0 Å². The average Bonchev–Trinajstić information content (AvgIpc) is 2.83. The van der Waals surface area contributed by atoms with Crippen molar-refractivity contribution in [1.29, 1.82) is 0 Å². The number of nitrogens with one attached hydrogen (secondary N) is 2. The summed E-state index contributed by atoms with van der Waals surface area (Å²) in [6, 6.07) is 5.65. The molecule has 90 valence electrons. The fourth-order valence-electron chi connectivity index (χ4n) is 1.55. The first-order valence-corrected chi connectivity index (χ1v) is 6.15. The van der Waals surface area contributed by atoms with Crippen LogP contribution in [0.25, 0.3) is 0 Å². The van der Waals surface area contributed by atoms with E-state index in [0.29, 0.717) is 16.6 Å². The second-order valence-corrected chi connectivity index (χ2v) is 4.46. The summed E-state index contributed by atoms with van der Waals surface area (Å²) in [5, 5.41) is 4.52. The monoisotopic (exact) mass is 269 g/mol. The highest BCUT2D eigenvalue weighted by molar-refractivity contribution is 6.42. The molecule has 1 heterocycles. The number of rotatable bonds is 5. The summed E-state index contributed by atoms with van der Waals surface area (Å²) >= 11 is 12.0. The highest BCUT2D eigenvalue weighted by Crippen LogP contribution is 2.25. The van der Waals surface area contributed by atoms with Crippen molar-refractivity contribution >= 4 is 23.2 Å². The van der Waals surface area contributed by atoms with Crippen LogP contribution in [0.1, 0.15) is 11.4 Å². The molecule has 2 aromatic rings. The number of imidazole rings is 1. The van der Waals surface area contributed by atoms with Crippen LogP contribution in [0.15, 0.2) is 30.6 Å². The summed E-state index contributed by atoms with van der Waals surface area (Å²) in [4.78, 5) is 7.21. The Morgan fingerprint density at radius 2 is 2.18 bits per heavy atom. The van der Waals surface area contributed by atoms with Gasteiger partial charge in [-0.15, -0.1) is 0 Å². The normalized spacial score (nSPS) is 10.7. The predicted molar refractivity (Wildman–Crippen MR) is 70.5 cm³/mol. The first-order chi connectivity index (χ1) is 8.27. The third-order valence-electron chi connectivity index (χ3n) is 2.44. The van der Waals surface area contributed by atoms with E-state index in [4.69, 9.17) is 23.2 Å². The summed E-state index contributed by atoms with van der Waals surface area (Å²) in [5.74, 6) is 0.981. The number of aromatic amines is 1. The van der Waals surface area contributed by atoms with Crippen LogP contribution in [0.3, 0.4) is 0 Å². The summed E-state index contributed by atoms with van der Waals surface area (Å²) in [6.07, 6.45) is 4.44. The SMILES string of the molecule is Clc1cccc(CNCCc2ncc[nH]2)c1Cl. The van der Waals surface area contributed by atoms with E-state index in [-0.39, 0.29) is 0 Å². The van der Waals surface area contributed by atoms with Crippen LogP contribution >= 0.6 is 23.2 Å². The van der Waals surface area contributed by atoms with Crippen molar-refractivity contribution in [3.8, 4) is 0 Å². The maximum Gasteiger partial charge on any atom is 0.107 e. The summed E-state index contributed by atoms with van der Waals surface area (Å²) in [6.45, 7) is 1.55. The smallest absolute Gasteiger partial charge is 0.107 e. The van der Waals surface area contributed by atoms with Crippen LogP contribution in [0.5, 0.6) is 0 Å². The van der Waals surface area contributed by atoms with Crippen molar-refractivity contribution in [2.45, 2.75) is 13.0 Å². The molecule has 0 spiro atoms. The van der Waals surface area contributed by atoms with Gasteiger partial charge >= 0.3 is 0 Å². The number of benzene rings is 1. The number of nitrogens with zero attached hydrogens (tertiary/aromatic N) is 1. The molecule has 3 nitrogen and oxygen atoms in total. The largest absolute Gasteiger partial charge is 0.349 e. The van der Waals surface area contributed by atoms with Crippen LogP contribution in [0, 0.1) is 0 Å². The zero-order valence-electron chi connectivity index (χ0n) is 9.21. The Morgan fingerprint density at radius 3 is 2.94 bits per heavy atom. The zero-order chi connectivity index (χ0) is 12.1. The molecule has 0 radical (unpaired) electrons. The topological polar surface area (TPSA) is 40.7 Å². The van der Waals surface area contributed by atoms with Crippen molar-refractivity contribution < 1.29 is 0 Å². The van der Waals surface area contributed by atoms with Gasteiger partial charge in [0.1, 0.15) is 5.82 Å². The number of H-pyrrole nitrogens is 1. The lowest BCUT2D eigenvalue weighted by Crippen LogP contribution is -2.17. The molecular formula is C12H13Cl2N3. The Bertz CT molecular complexity index is 469. The molecule has 2 rings (SSSR count). The van der Waals surface area contributed by atoms with Crippen molar-refractivity contribution in [3.05, 3.63) is 52.0 Å². The molecule has 0 amide bonds. The molecule has 0 bridgehead atoms. The van der Waals surface area contributed by atoms with E-state index in [1.54, 1.807) is 12.3 Å². The minimum absolute atomic E-state index is 0.594. The van der Waals surface area contributed by atoms with Crippen LogP contribution < -0.4 is 5.32 Å². The number of halogens is 2. The van der Waals surface area contributed by atoms with E-state index in [2.05, 4.69) is 15.3 Å². The van der Waals surface area contributed by atoms with Gasteiger partial charge in [-0.05, 0) is 11.6 Å². The van der Waals surface area contributed by atoms with Gasteiger partial charge < -0.3 is 10.3 Å². The fraction of sp³-hybridized carbons (Fsp3) is 0.250. The van der Waals surface area contributed by atoms with Crippen molar-refractivity contribution in [2.24, 2.45) is 0 Å². The van der Waals surface area contributed by atoms with E-state index in [1.165, 1.54) is 0 Å². The molecule has 0 saturated carbocycles. The first kappa shape index (κ1) is 12.4. The van der Waals surface area contributed by atoms with E-state index in [9.17, 15) is 0 Å². The zero-order valence-corrected chi connectivity index (χ0v) is 10.7. The van der Waals surface area contributed by atoms with Gasteiger partial charge in [-0.25, -0.2) is 4.98 Å². The Labute approximate surface area is 110 Å². The number of hydrogen-bond acceptors (Lipinski definition) is 2. The summed E-state index contributed by atoms with van der Waals surface area (Å²) in [5.41, 5.74) is 1.01. The first-order valence-electron chi connectivity index (χ1n) is 5.39. The van der Waals surface area contributed by atoms with Gasteiger partial charge in [0.15, 0.2) is 0 Å². The Hall–Kier alpha value is -1.03. The predicted octanol–water partition coefficient (Wildman–Crippen LogP) is 3.05. The van der Waals surface area contributed by atoms with Crippen molar-refractivity contribution in [2.75, 3.05) is 6.54 Å². The molecule has 1 aromatic carbocycles. The molecule has 17 heavy (non-hydrogen) atoms. The number of aromatic nitrogens is 2. The molecule has 0 aliphatic rings. The maximum atomic E-state index is 6.08. The molecule has 0 aliphatic heterocycles. The quantitative estimate of drug-likeness (QED) is 0.820. The standard InChI is InChI=1S/C12H13Cl2N3/c13-10-3-1-2-9(12(10)14)8-15-5-4-11-16-6-7-17-11/h1-3,6-7,15H,4-5,8H2,(H,16,17). The van der Waals surface area contributed by atoms with Crippen LogP contribution in [-0.4, -0.2) is 16.5 Å². The highest BCUT2D eigenvalue weighted by Gasteiger charge is 2.03. The van der Waals surface area contributed by atoms with Gasteiger partial charge in [0.2, 0.25) is 0 Å². The van der Waals surface area contributed by atoms with Gasteiger partial charge in [0.05, 0.1) is 10.0 Å². The summed E-state index contributed by atoms with van der Waals surface area (Å²) < 4.78 is 0. The lowest BCUT2D eigenvalue weighted by Gasteiger charge is -2.06. The van der Waals surface area contributed by atoms with Crippen LogP contribution in [-0.2, 0) is 13.0 Å². The van der Waals surface area contributed by atoms with Gasteiger partial charge in [0.25, 0.3) is 0 Å². The molecule has 0 atom stereocenters. The lowest BCUT2D eigenvalue weighted by atomic mass is 10.2. The molecule has 5 heteroatoms. The van der Waals surface area contributed by atoms with Crippen LogP contribution in [0.2, 0.25) is 10.0 Å². The second kappa shape index (κ2) is 6.05. The third kappa shape index (κ3) is 3.46. The van der Waals surface area contributed by atoms with Gasteiger partial charge in [-0.1, -0.05) is 35.3 Å². The van der Waals surface area contributed by atoms with E-state index in [1.807, 2.05) is 18.3 Å². The average molecular weight is 270 g/mol. The minimum atomic E-state index is 0.594. The maximum absolute atomic E-state index is 6.08. The van der Waals surface area contributed by atoms with Gasteiger partial charge in [-0.2, -0.15) is 0 Å². The highest BCUT2D eigenvalue weighted by atomic mass is 35.5. The molecule has 0 unspecified atom stereocenters. The summed E-state index contributed by atoms with van der Waals surface area (Å²) in [7, 11) is 0. The van der Waals surface area contributed by atoms with Crippen molar-refractivity contribution in [3.63, 3.8) is 0 Å². The molecule has 0 aliphatic carbocycles. The molecule has 0 saturated heterocycles. The molecule has 1 aromatic heterocycles. The minimum Gasteiger partial charge on any atom is -0.349 e. The van der Waals surface area contributed by atoms with Crippen LogP contribution in [0.4, 0.5) is 0 Å². The molecule has 0 fully saturated rings. The second-order valence-electron chi connectivity index (χ2n) is 3.68. The Morgan fingerprint density at radius 1 is 1.29 bits per heavy atom. The van der Waals surface area contributed by atoms with E-state index < -0.39 is 0 Å². The van der Waals surface area contributed by atoms with E-state index in [0.717, 1.165) is 24.4 Å². The lowest BCUT2D eigenvalue weighted by molar-refractivity contribution is 0.674. The molecular weight excluding hydrogens is 257 g/mol. The Kier molecular flexibility index (Phi) is 4.42. The third-order valence-corrected chi connectivity index (χ3v) is 3.30. The molecule has 2 N–H and O–H groups in total. The van der Waals surface area contributed by atoms with Gasteiger partial charge in [0, 0.05) is 31.9 Å². The fourth-order valence-corrected chi connectivity index (χ4v) is 1.94. The number of hydrogen-bond donors (Lipinski definition) is 2. The van der Waals surface area contributed by atoms with Crippen molar-refractivity contribution in [1.82, 2.24) is 15.3 Å².